The summed E-state index contributed by atoms with van der Waals surface area (Å²) in [5.41, 5.74) is 2.23. The lowest BCUT2D eigenvalue weighted by molar-refractivity contribution is 0.102. The fourth-order valence-corrected chi connectivity index (χ4v) is 2.38. The molecule has 0 saturated carbocycles. The van der Waals surface area contributed by atoms with Crippen LogP contribution in [-0.2, 0) is 6.54 Å². The molecule has 1 amide bonds. The highest BCUT2D eigenvalue weighted by Gasteiger charge is 2.08. The zero-order valence-corrected chi connectivity index (χ0v) is 14.2. The molecule has 0 atom stereocenters. The molecule has 0 aliphatic carbocycles. The number of rotatable bonds is 6. The van der Waals surface area contributed by atoms with Crippen molar-refractivity contribution in [3.63, 3.8) is 0 Å². The molecule has 5 nitrogen and oxygen atoms in total. The van der Waals surface area contributed by atoms with Crippen molar-refractivity contribution in [1.29, 1.82) is 0 Å². The van der Waals surface area contributed by atoms with Gasteiger partial charge in [-0.05, 0) is 36.4 Å². The molecular weight excluding hydrogens is 333 g/mol. The predicted octanol–water partition coefficient (Wildman–Crippen LogP) is 4.09. The van der Waals surface area contributed by atoms with E-state index in [-0.39, 0.29) is 11.7 Å². The van der Waals surface area contributed by atoms with Crippen molar-refractivity contribution in [2.24, 2.45) is 0 Å². The summed E-state index contributed by atoms with van der Waals surface area (Å²) >= 11 is 0. The molecule has 0 saturated heterocycles. The van der Waals surface area contributed by atoms with Crippen molar-refractivity contribution in [2.45, 2.75) is 6.54 Å². The van der Waals surface area contributed by atoms with E-state index in [1.165, 1.54) is 12.3 Å². The molecule has 6 heteroatoms. The number of nitrogens with zero attached hydrogens (tertiary/aromatic N) is 1. The van der Waals surface area contributed by atoms with Gasteiger partial charge in [-0.2, -0.15) is 0 Å². The molecule has 0 aliphatic heterocycles. The Kier molecular flexibility index (Phi) is 5.43. The van der Waals surface area contributed by atoms with Crippen LogP contribution in [0.3, 0.4) is 0 Å². The molecule has 1 aromatic heterocycles. The Bertz CT molecular complexity index is 898. The maximum absolute atomic E-state index is 13.7. The average Bonchev–Trinajstić information content (AvgIpc) is 2.68. The number of pyridine rings is 1. The molecule has 0 aliphatic rings. The molecule has 26 heavy (non-hydrogen) atoms. The average molecular weight is 351 g/mol. The van der Waals surface area contributed by atoms with E-state index in [1.807, 2.05) is 0 Å². The van der Waals surface area contributed by atoms with Crippen LogP contribution in [0.5, 0.6) is 5.75 Å². The number of amides is 1. The van der Waals surface area contributed by atoms with Gasteiger partial charge in [-0.1, -0.05) is 18.2 Å². The molecule has 1 heterocycles. The van der Waals surface area contributed by atoms with Crippen LogP contribution in [0, 0.1) is 5.82 Å². The fourth-order valence-electron chi connectivity index (χ4n) is 2.38. The fraction of sp³-hybridized carbons (Fsp3) is 0.100. The van der Waals surface area contributed by atoms with Crippen molar-refractivity contribution in [3.8, 4) is 5.75 Å². The quantitative estimate of drug-likeness (QED) is 0.702. The molecule has 132 valence electrons. The first-order chi connectivity index (χ1) is 12.7. The SMILES string of the molecule is COc1ccc(NC(=O)c2cncc(NCc3ccccc3F)c2)cc1. The lowest BCUT2D eigenvalue weighted by Crippen LogP contribution is -2.13. The van der Waals surface area contributed by atoms with Gasteiger partial charge in [0.25, 0.3) is 5.91 Å². The van der Waals surface area contributed by atoms with Gasteiger partial charge in [-0.25, -0.2) is 4.39 Å². The van der Waals surface area contributed by atoms with Crippen LogP contribution in [0.1, 0.15) is 15.9 Å². The van der Waals surface area contributed by atoms with E-state index in [9.17, 15) is 9.18 Å². The molecular formula is C20H18FN3O2. The third kappa shape index (κ3) is 4.36. The van der Waals surface area contributed by atoms with E-state index in [2.05, 4.69) is 15.6 Å². The summed E-state index contributed by atoms with van der Waals surface area (Å²) in [5, 5.41) is 5.87. The van der Waals surface area contributed by atoms with Crippen molar-refractivity contribution in [1.82, 2.24) is 4.98 Å². The van der Waals surface area contributed by atoms with E-state index < -0.39 is 0 Å². The van der Waals surface area contributed by atoms with Gasteiger partial charge in [0.2, 0.25) is 0 Å². The van der Waals surface area contributed by atoms with Gasteiger partial charge in [0.1, 0.15) is 11.6 Å². The smallest absolute Gasteiger partial charge is 0.257 e. The zero-order chi connectivity index (χ0) is 18.4. The first-order valence-electron chi connectivity index (χ1n) is 8.03. The standard InChI is InChI=1S/C20H18FN3O2/c1-26-18-8-6-16(7-9-18)24-20(25)15-10-17(13-22-11-15)23-12-14-4-2-3-5-19(14)21/h2-11,13,23H,12H2,1H3,(H,24,25). The van der Waals surface area contributed by atoms with Crippen molar-refractivity contribution < 1.29 is 13.9 Å². The molecule has 0 spiro atoms. The largest absolute Gasteiger partial charge is 0.497 e. The van der Waals surface area contributed by atoms with Crippen molar-refractivity contribution in [3.05, 3.63) is 83.9 Å². The number of hydrogen-bond donors (Lipinski definition) is 2. The Morgan fingerprint density at radius 3 is 2.58 bits per heavy atom. The minimum atomic E-state index is -0.280. The highest BCUT2D eigenvalue weighted by Crippen LogP contribution is 2.17. The second-order valence-corrected chi connectivity index (χ2v) is 5.59. The number of hydrogen-bond acceptors (Lipinski definition) is 4. The van der Waals surface area contributed by atoms with Crippen LogP contribution in [0.2, 0.25) is 0 Å². The van der Waals surface area contributed by atoms with Crippen molar-refractivity contribution in [2.75, 3.05) is 17.7 Å². The number of carbonyl (C=O) groups excluding carboxylic acids is 1. The maximum atomic E-state index is 13.7. The number of methoxy groups -OCH3 is 1. The first-order valence-corrected chi connectivity index (χ1v) is 8.03. The van der Waals surface area contributed by atoms with Crippen LogP contribution >= 0.6 is 0 Å². The Morgan fingerprint density at radius 2 is 1.85 bits per heavy atom. The Hall–Kier alpha value is -3.41. The number of nitrogens with one attached hydrogen (secondary N) is 2. The number of benzene rings is 2. The Morgan fingerprint density at radius 1 is 1.08 bits per heavy atom. The monoisotopic (exact) mass is 351 g/mol. The third-order valence-electron chi connectivity index (χ3n) is 3.79. The number of halogens is 1. The van der Waals surface area contributed by atoms with Gasteiger partial charge in [-0.3, -0.25) is 9.78 Å². The Balaban J connectivity index is 1.66. The minimum Gasteiger partial charge on any atom is -0.497 e. The van der Waals surface area contributed by atoms with E-state index >= 15 is 0 Å². The van der Waals surface area contributed by atoms with E-state index in [1.54, 1.807) is 61.8 Å². The Labute approximate surface area is 150 Å². The van der Waals surface area contributed by atoms with Gasteiger partial charge >= 0.3 is 0 Å². The van der Waals surface area contributed by atoms with Gasteiger partial charge in [-0.15, -0.1) is 0 Å². The third-order valence-corrected chi connectivity index (χ3v) is 3.79. The highest BCUT2D eigenvalue weighted by molar-refractivity contribution is 6.04. The predicted molar refractivity (Wildman–Crippen MR) is 98.9 cm³/mol. The molecule has 2 N–H and O–H groups in total. The lowest BCUT2D eigenvalue weighted by Gasteiger charge is -2.09. The van der Waals surface area contributed by atoms with Crippen LogP contribution < -0.4 is 15.4 Å². The van der Waals surface area contributed by atoms with Crippen LogP contribution in [-0.4, -0.2) is 18.0 Å². The highest BCUT2D eigenvalue weighted by atomic mass is 19.1. The summed E-state index contributed by atoms with van der Waals surface area (Å²) in [7, 11) is 1.58. The van der Waals surface area contributed by atoms with Gasteiger partial charge in [0.05, 0.1) is 18.4 Å². The first kappa shape index (κ1) is 17.4. The van der Waals surface area contributed by atoms with Crippen LogP contribution in [0.4, 0.5) is 15.8 Å². The minimum absolute atomic E-state index is 0.277. The second-order valence-electron chi connectivity index (χ2n) is 5.59. The van der Waals surface area contributed by atoms with Crippen LogP contribution in [0.25, 0.3) is 0 Å². The molecule has 0 unspecified atom stereocenters. The summed E-state index contributed by atoms with van der Waals surface area (Å²) < 4.78 is 18.8. The van der Waals surface area contributed by atoms with Gasteiger partial charge < -0.3 is 15.4 Å². The van der Waals surface area contributed by atoms with Crippen molar-refractivity contribution >= 4 is 17.3 Å². The number of anilines is 2. The molecule has 0 fully saturated rings. The molecule has 0 radical (unpaired) electrons. The molecule has 2 aromatic carbocycles. The summed E-state index contributed by atoms with van der Waals surface area (Å²) in [6.07, 6.45) is 3.07. The molecule has 0 bridgehead atoms. The lowest BCUT2D eigenvalue weighted by atomic mass is 10.2. The van der Waals surface area contributed by atoms with E-state index in [0.717, 1.165) is 0 Å². The normalized spacial score (nSPS) is 10.2. The molecule has 3 aromatic rings. The number of aromatic nitrogens is 1. The summed E-state index contributed by atoms with van der Waals surface area (Å²) in [6.45, 7) is 0.303. The maximum Gasteiger partial charge on any atom is 0.257 e. The second kappa shape index (κ2) is 8.11. The summed E-state index contributed by atoms with van der Waals surface area (Å²) in [4.78, 5) is 16.5. The van der Waals surface area contributed by atoms with Crippen LogP contribution in [0.15, 0.2) is 67.0 Å². The van der Waals surface area contributed by atoms with E-state index in [0.29, 0.717) is 34.8 Å². The van der Waals surface area contributed by atoms with Gasteiger partial charge in [0.15, 0.2) is 0 Å². The zero-order valence-electron chi connectivity index (χ0n) is 14.2. The number of carbonyl (C=O) groups is 1. The topological polar surface area (TPSA) is 63.2 Å². The van der Waals surface area contributed by atoms with E-state index in [4.69, 9.17) is 4.74 Å². The summed E-state index contributed by atoms with van der Waals surface area (Å²) in [5.74, 6) is 0.155. The molecule has 3 rings (SSSR count). The van der Waals surface area contributed by atoms with Gasteiger partial charge in [0, 0.05) is 30.2 Å². The number of ether oxygens (including phenoxy) is 1. The summed E-state index contributed by atoms with van der Waals surface area (Å²) in [6, 6.07) is 15.2.